The highest BCUT2D eigenvalue weighted by molar-refractivity contribution is 6.30. The molecule has 6 nitrogen and oxygen atoms in total. The first kappa shape index (κ1) is 18.0. The minimum atomic E-state index is -0.638. The Morgan fingerprint density at radius 3 is 2.38 bits per heavy atom. The van der Waals surface area contributed by atoms with Gasteiger partial charge in [0, 0.05) is 18.7 Å². The molecule has 0 atom stereocenters. The maximum absolute atomic E-state index is 13.4. The number of nitrogens with zero attached hydrogens (tertiary/aromatic N) is 2. The molecule has 0 unspecified atom stereocenters. The lowest BCUT2D eigenvalue weighted by atomic mass is 10.1. The predicted octanol–water partition coefficient (Wildman–Crippen LogP) is 2.89. The molecule has 3 N–H and O–H groups in total. The van der Waals surface area contributed by atoms with Gasteiger partial charge in [0.1, 0.15) is 17.3 Å². The lowest BCUT2D eigenvalue weighted by molar-refractivity contribution is 0.279. The average molecular weight is 379 g/mol. The molecule has 26 heavy (non-hydrogen) atoms. The number of phenolic OH excluding ortho intramolecular Hbond substituents is 1. The Balaban J connectivity index is 2.24. The highest BCUT2D eigenvalue weighted by Crippen LogP contribution is 2.32. The van der Waals surface area contributed by atoms with Crippen molar-refractivity contribution in [1.82, 2.24) is 9.13 Å². The van der Waals surface area contributed by atoms with Crippen molar-refractivity contribution in [1.29, 1.82) is 0 Å². The number of benzene rings is 2. The van der Waals surface area contributed by atoms with E-state index in [0.717, 1.165) is 10.6 Å². The molecule has 0 saturated carbocycles. The topological polar surface area (TPSA) is 87.6 Å². The van der Waals surface area contributed by atoms with Crippen LogP contribution in [0.5, 0.6) is 11.6 Å². The third kappa shape index (κ3) is 3.18. The van der Waals surface area contributed by atoms with E-state index in [1.54, 1.807) is 12.1 Å². The molecule has 3 aromatic rings. The standard InChI is InChI=1S/C18H16ClFN2O4/c19-14-10-12(4-7-15(14)20)22-17(25)16(11-2-5-13(24)6-3-11)21(18(22)26)8-1-9-23/h2-7,10,23-25H,1,8-9H2. The Morgan fingerprint density at radius 1 is 1.08 bits per heavy atom. The Hall–Kier alpha value is -2.77. The molecule has 0 saturated heterocycles. The number of rotatable bonds is 5. The number of aromatic nitrogens is 2. The van der Waals surface area contributed by atoms with E-state index in [-0.39, 0.29) is 41.2 Å². The van der Waals surface area contributed by atoms with Gasteiger partial charge in [0.25, 0.3) is 0 Å². The van der Waals surface area contributed by atoms with Crippen LogP contribution in [-0.2, 0) is 6.54 Å². The van der Waals surface area contributed by atoms with Crippen molar-refractivity contribution in [3.63, 3.8) is 0 Å². The third-order valence-electron chi connectivity index (χ3n) is 3.96. The number of hydrogen-bond donors (Lipinski definition) is 3. The van der Waals surface area contributed by atoms with Crippen LogP contribution in [0.15, 0.2) is 47.3 Å². The van der Waals surface area contributed by atoms with E-state index in [1.165, 1.54) is 28.8 Å². The molecule has 0 aliphatic heterocycles. The number of phenols is 1. The van der Waals surface area contributed by atoms with Crippen molar-refractivity contribution in [3.8, 4) is 28.6 Å². The number of aliphatic hydroxyl groups is 1. The van der Waals surface area contributed by atoms with Gasteiger partial charge < -0.3 is 15.3 Å². The van der Waals surface area contributed by atoms with Gasteiger partial charge in [-0.15, -0.1) is 0 Å². The summed E-state index contributed by atoms with van der Waals surface area (Å²) in [4.78, 5) is 12.9. The fourth-order valence-electron chi connectivity index (χ4n) is 2.73. The molecule has 136 valence electrons. The van der Waals surface area contributed by atoms with Gasteiger partial charge in [-0.25, -0.2) is 13.8 Å². The van der Waals surface area contributed by atoms with E-state index in [1.807, 2.05) is 0 Å². The molecule has 0 radical (unpaired) electrons. The molecule has 8 heteroatoms. The maximum Gasteiger partial charge on any atom is 0.336 e. The van der Waals surface area contributed by atoms with Gasteiger partial charge in [-0.05, 0) is 48.9 Å². The third-order valence-corrected chi connectivity index (χ3v) is 4.25. The summed E-state index contributed by atoms with van der Waals surface area (Å²) in [5.74, 6) is -0.940. The minimum absolute atomic E-state index is 0.0437. The van der Waals surface area contributed by atoms with Crippen LogP contribution in [0, 0.1) is 5.82 Å². The second-order valence-electron chi connectivity index (χ2n) is 5.66. The molecule has 3 rings (SSSR count). The summed E-state index contributed by atoms with van der Waals surface area (Å²) in [5.41, 5.74) is 0.384. The van der Waals surface area contributed by atoms with E-state index < -0.39 is 11.5 Å². The van der Waals surface area contributed by atoms with Gasteiger partial charge in [-0.3, -0.25) is 4.57 Å². The first-order valence-electron chi connectivity index (χ1n) is 7.84. The van der Waals surface area contributed by atoms with Crippen molar-refractivity contribution in [3.05, 3.63) is 63.8 Å². The van der Waals surface area contributed by atoms with Crippen LogP contribution in [-0.4, -0.2) is 31.1 Å². The van der Waals surface area contributed by atoms with Crippen molar-refractivity contribution < 1.29 is 19.7 Å². The summed E-state index contributed by atoms with van der Waals surface area (Å²) >= 11 is 5.79. The zero-order valence-electron chi connectivity index (χ0n) is 13.6. The Kier molecular flexibility index (Phi) is 5.01. The normalized spacial score (nSPS) is 11.0. The number of aliphatic hydroxyl groups excluding tert-OH is 1. The number of hydrogen-bond acceptors (Lipinski definition) is 4. The average Bonchev–Trinajstić information content (AvgIpc) is 2.86. The first-order chi connectivity index (χ1) is 12.4. The maximum atomic E-state index is 13.4. The van der Waals surface area contributed by atoms with E-state index >= 15 is 0 Å². The van der Waals surface area contributed by atoms with Crippen LogP contribution >= 0.6 is 11.6 Å². The summed E-state index contributed by atoms with van der Waals surface area (Å²) in [6, 6.07) is 9.66. The zero-order valence-corrected chi connectivity index (χ0v) is 14.3. The molecular weight excluding hydrogens is 363 g/mol. The highest BCUT2D eigenvalue weighted by Gasteiger charge is 2.22. The predicted molar refractivity (Wildman–Crippen MR) is 95.5 cm³/mol. The van der Waals surface area contributed by atoms with Crippen LogP contribution in [0.4, 0.5) is 4.39 Å². The molecule has 0 aliphatic rings. The second kappa shape index (κ2) is 7.23. The minimum Gasteiger partial charge on any atom is -0.508 e. The summed E-state index contributed by atoms with van der Waals surface area (Å²) in [6.07, 6.45) is 0.304. The van der Waals surface area contributed by atoms with Crippen LogP contribution in [0.1, 0.15) is 6.42 Å². The number of aromatic hydroxyl groups is 2. The molecular formula is C18H16ClFN2O4. The van der Waals surface area contributed by atoms with Gasteiger partial charge in [0.2, 0.25) is 5.88 Å². The van der Waals surface area contributed by atoms with E-state index in [0.29, 0.717) is 12.0 Å². The first-order valence-corrected chi connectivity index (χ1v) is 8.22. The smallest absolute Gasteiger partial charge is 0.336 e. The van der Waals surface area contributed by atoms with Gasteiger partial charge in [-0.2, -0.15) is 0 Å². The fourth-order valence-corrected chi connectivity index (χ4v) is 2.91. The van der Waals surface area contributed by atoms with Crippen LogP contribution < -0.4 is 5.69 Å². The molecule has 0 aliphatic carbocycles. The highest BCUT2D eigenvalue weighted by atomic mass is 35.5. The van der Waals surface area contributed by atoms with Gasteiger partial charge in [0.05, 0.1) is 10.7 Å². The molecule has 2 aromatic carbocycles. The number of halogens is 2. The summed E-state index contributed by atoms with van der Waals surface area (Å²) in [6.45, 7) is 0.0385. The van der Waals surface area contributed by atoms with E-state index in [2.05, 4.69) is 0 Å². The van der Waals surface area contributed by atoms with Crippen LogP contribution in [0.25, 0.3) is 16.9 Å². The van der Waals surface area contributed by atoms with Crippen molar-refractivity contribution in [2.24, 2.45) is 0 Å². The van der Waals surface area contributed by atoms with Crippen molar-refractivity contribution in [2.75, 3.05) is 6.61 Å². The SMILES string of the molecule is O=c1n(CCCO)c(-c2ccc(O)cc2)c(O)n1-c1ccc(F)c(Cl)c1. The van der Waals surface area contributed by atoms with Crippen LogP contribution in [0.3, 0.4) is 0 Å². The quantitative estimate of drug-likeness (QED) is 0.637. The lowest BCUT2D eigenvalue weighted by Crippen LogP contribution is -2.24. The van der Waals surface area contributed by atoms with Crippen molar-refractivity contribution in [2.45, 2.75) is 13.0 Å². The molecule has 0 fully saturated rings. The summed E-state index contributed by atoms with van der Waals surface area (Å²) < 4.78 is 15.8. The van der Waals surface area contributed by atoms with Crippen molar-refractivity contribution >= 4 is 11.6 Å². The van der Waals surface area contributed by atoms with Gasteiger partial charge in [-0.1, -0.05) is 11.6 Å². The monoisotopic (exact) mass is 378 g/mol. The van der Waals surface area contributed by atoms with Crippen LogP contribution in [0.2, 0.25) is 5.02 Å². The largest absolute Gasteiger partial charge is 0.508 e. The van der Waals surface area contributed by atoms with Gasteiger partial charge >= 0.3 is 5.69 Å². The Labute approximate surface area is 153 Å². The number of imidazole rings is 1. The molecule has 0 bridgehead atoms. The van der Waals surface area contributed by atoms with Gasteiger partial charge in [0.15, 0.2) is 0 Å². The zero-order chi connectivity index (χ0) is 18.8. The summed E-state index contributed by atoms with van der Waals surface area (Å²) in [7, 11) is 0. The summed E-state index contributed by atoms with van der Waals surface area (Å²) in [5, 5.41) is 29.1. The second-order valence-corrected chi connectivity index (χ2v) is 6.07. The molecule has 1 heterocycles. The molecule has 0 amide bonds. The Bertz CT molecular complexity index is 996. The van der Waals surface area contributed by atoms with E-state index in [4.69, 9.17) is 16.7 Å². The Morgan fingerprint density at radius 2 is 1.77 bits per heavy atom. The molecule has 0 spiro atoms. The lowest BCUT2D eigenvalue weighted by Gasteiger charge is -2.07. The molecule has 1 aromatic heterocycles. The van der Waals surface area contributed by atoms with E-state index in [9.17, 15) is 19.4 Å². The fraction of sp³-hybridized carbons (Fsp3) is 0.167.